The first-order valence-electron chi connectivity index (χ1n) is 9.97. The number of amides is 1. The largest absolute Gasteiger partial charge is 0.347 e. The third-order valence-corrected chi connectivity index (χ3v) is 6.07. The maximum absolute atomic E-state index is 13.7. The smallest absolute Gasteiger partial charge is 0.258 e. The third-order valence-electron chi connectivity index (χ3n) is 5.58. The summed E-state index contributed by atoms with van der Waals surface area (Å²) < 4.78 is 1.02. The van der Waals surface area contributed by atoms with Gasteiger partial charge < -0.3 is 9.88 Å². The van der Waals surface area contributed by atoms with Gasteiger partial charge in [-0.25, -0.2) is 4.98 Å². The predicted octanol–water partition coefficient (Wildman–Crippen LogP) is 5.83. The molecular formula is C24H23BrCl2N4O. The quantitative estimate of drug-likeness (QED) is 0.360. The van der Waals surface area contributed by atoms with E-state index >= 15 is 0 Å². The van der Waals surface area contributed by atoms with Gasteiger partial charge in [-0.15, -0.1) is 24.8 Å². The van der Waals surface area contributed by atoms with E-state index in [0.717, 1.165) is 57.4 Å². The van der Waals surface area contributed by atoms with Crippen LogP contribution in [0.5, 0.6) is 0 Å². The molecule has 0 unspecified atom stereocenters. The highest BCUT2D eigenvalue weighted by molar-refractivity contribution is 9.10. The van der Waals surface area contributed by atoms with Gasteiger partial charge in [0.15, 0.2) is 0 Å². The number of carbonyl (C=O) groups is 1. The Balaban J connectivity index is 0.00000144. The lowest BCUT2D eigenvalue weighted by molar-refractivity contribution is 0.0986. The molecule has 2 heterocycles. The molecule has 0 saturated heterocycles. The number of H-pyrrole nitrogens is 1. The van der Waals surface area contributed by atoms with Crippen LogP contribution in [-0.2, 0) is 13.1 Å². The Labute approximate surface area is 207 Å². The highest BCUT2D eigenvalue weighted by atomic mass is 79.9. The summed E-state index contributed by atoms with van der Waals surface area (Å²) in [5.74, 6) is 0.0405. The first-order valence-corrected chi connectivity index (χ1v) is 10.8. The highest BCUT2D eigenvalue weighted by Crippen LogP contribution is 2.31. The standard InChI is InChI=1S/C24H21BrN4O.2ClH/c25-19-8-9-23-18(12-19)14-28(15-20-13-26-16-27-20)10-11-29(23)24(30)22-7-3-5-17-4-1-2-6-21(17)22;;/h1-9,12-13,16H,10-11,14-15H2,(H,26,27);2*1H. The van der Waals surface area contributed by atoms with E-state index in [1.165, 1.54) is 0 Å². The van der Waals surface area contributed by atoms with Gasteiger partial charge in [0.1, 0.15) is 0 Å². The van der Waals surface area contributed by atoms with Crippen molar-refractivity contribution in [3.63, 3.8) is 0 Å². The minimum absolute atomic E-state index is 0. The molecule has 0 bridgehead atoms. The molecule has 32 heavy (non-hydrogen) atoms. The Hall–Kier alpha value is -2.38. The number of anilines is 1. The summed E-state index contributed by atoms with van der Waals surface area (Å²) in [7, 11) is 0. The second-order valence-corrected chi connectivity index (χ2v) is 8.46. The first-order chi connectivity index (χ1) is 14.7. The zero-order valence-electron chi connectivity index (χ0n) is 17.2. The van der Waals surface area contributed by atoms with Crippen LogP contribution in [0.25, 0.3) is 10.8 Å². The van der Waals surface area contributed by atoms with Gasteiger partial charge in [-0.3, -0.25) is 9.69 Å². The van der Waals surface area contributed by atoms with Crippen molar-refractivity contribution >= 4 is 63.1 Å². The molecule has 0 saturated carbocycles. The molecule has 166 valence electrons. The van der Waals surface area contributed by atoms with E-state index in [1.54, 1.807) is 6.33 Å². The molecule has 0 radical (unpaired) electrons. The fourth-order valence-corrected chi connectivity index (χ4v) is 4.55. The molecule has 3 aromatic carbocycles. The van der Waals surface area contributed by atoms with Crippen molar-refractivity contribution in [2.75, 3.05) is 18.0 Å². The molecule has 0 fully saturated rings. The molecule has 0 atom stereocenters. The van der Waals surface area contributed by atoms with Crippen molar-refractivity contribution in [2.24, 2.45) is 0 Å². The maximum Gasteiger partial charge on any atom is 0.258 e. The Morgan fingerprint density at radius 3 is 2.66 bits per heavy atom. The number of halogens is 3. The topological polar surface area (TPSA) is 52.2 Å². The summed E-state index contributed by atoms with van der Waals surface area (Å²) in [6.45, 7) is 2.95. The molecule has 1 N–H and O–H groups in total. The molecule has 0 aliphatic carbocycles. The van der Waals surface area contributed by atoms with Crippen molar-refractivity contribution in [3.05, 3.63) is 94.5 Å². The molecule has 4 aromatic rings. The van der Waals surface area contributed by atoms with Crippen LogP contribution >= 0.6 is 40.7 Å². The molecule has 5 nitrogen and oxygen atoms in total. The van der Waals surface area contributed by atoms with Crippen LogP contribution < -0.4 is 4.90 Å². The molecule has 0 spiro atoms. The summed E-state index contributed by atoms with van der Waals surface area (Å²) in [5.41, 5.74) is 3.92. The predicted molar refractivity (Wildman–Crippen MR) is 137 cm³/mol. The second kappa shape index (κ2) is 10.5. The van der Waals surface area contributed by atoms with Crippen LogP contribution in [-0.4, -0.2) is 33.9 Å². The van der Waals surface area contributed by atoms with Gasteiger partial charge in [0.2, 0.25) is 0 Å². The molecule has 5 rings (SSSR count). The number of hydrogen-bond acceptors (Lipinski definition) is 3. The molecule has 8 heteroatoms. The number of nitrogens with one attached hydrogen (secondary N) is 1. The van der Waals surface area contributed by atoms with Gasteiger partial charge in [0.25, 0.3) is 5.91 Å². The lowest BCUT2D eigenvalue weighted by atomic mass is 10.0. The second-order valence-electron chi connectivity index (χ2n) is 7.54. The lowest BCUT2D eigenvalue weighted by Gasteiger charge is -2.24. The van der Waals surface area contributed by atoms with Crippen LogP contribution in [0.2, 0.25) is 0 Å². The van der Waals surface area contributed by atoms with Crippen molar-refractivity contribution in [1.82, 2.24) is 14.9 Å². The van der Waals surface area contributed by atoms with Crippen LogP contribution in [0.4, 0.5) is 5.69 Å². The monoisotopic (exact) mass is 532 g/mol. The maximum atomic E-state index is 13.7. The van der Waals surface area contributed by atoms with Gasteiger partial charge in [-0.1, -0.05) is 52.3 Å². The Bertz CT molecular complexity index is 1210. The molecule has 1 amide bonds. The van der Waals surface area contributed by atoms with Crippen LogP contribution in [0.3, 0.4) is 0 Å². The van der Waals surface area contributed by atoms with Gasteiger partial charge in [0.05, 0.1) is 6.33 Å². The van der Waals surface area contributed by atoms with Crippen LogP contribution in [0.15, 0.2) is 77.7 Å². The summed E-state index contributed by atoms with van der Waals surface area (Å²) >= 11 is 3.59. The highest BCUT2D eigenvalue weighted by Gasteiger charge is 2.26. The van der Waals surface area contributed by atoms with Crippen molar-refractivity contribution in [3.8, 4) is 0 Å². The summed E-state index contributed by atoms with van der Waals surface area (Å²) in [6, 6.07) is 20.2. The van der Waals surface area contributed by atoms with Crippen molar-refractivity contribution in [1.29, 1.82) is 0 Å². The summed E-state index contributed by atoms with van der Waals surface area (Å²) in [6.07, 6.45) is 3.56. The summed E-state index contributed by atoms with van der Waals surface area (Å²) in [5, 5.41) is 2.07. The van der Waals surface area contributed by atoms with Crippen LogP contribution in [0.1, 0.15) is 21.6 Å². The average molecular weight is 534 g/mol. The minimum Gasteiger partial charge on any atom is -0.347 e. The normalized spacial score (nSPS) is 13.6. The van der Waals surface area contributed by atoms with E-state index in [1.807, 2.05) is 65.7 Å². The van der Waals surface area contributed by atoms with Gasteiger partial charge in [-0.05, 0) is 40.6 Å². The zero-order chi connectivity index (χ0) is 20.5. The first kappa shape index (κ1) is 24.3. The number of imidazole rings is 1. The number of fused-ring (bicyclic) bond motifs is 2. The van der Waals surface area contributed by atoms with E-state index in [9.17, 15) is 4.79 Å². The number of aromatic amines is 1. The van der Waals surface area contributed by atoms with E-state index < -0.39 is 0 Å². The van der Waals surface area contributed by atoms with Gasteiger partial charge in [0, 0.05) is 53.8 Å². The van der Waals surface area contributed by atoms with E-state index in [0.29, 0.717) is 6.54 Å². The Morgan fingerprint density at radius 2 is 1.84 bits per heavy atom. The van der Waals surface area contributed by atoms with E-state index in [4.69, 9.17) is 0 Å². The Morgan fingerprint density at radius 1 is 1.03 bits per heavy atom. The molecule has 1 aliphatic heterocycles. The fraction of sp³-hybridized carbons (Fsp3) is 0.167. The molecule has 1 aromatic heterocycles. The van der Waals surface area contributed by atoms with Crippen molar-refractivity contribution < 1.29 is 4.79 Å². The number of rotatable bonds is 3. The van der Waals surface area contributed by atoms with Crippen LogP contribution in [0, 0.1) is 0 Å². The third kappa shape index (κ3) is 4.84. The molecule has 1 aliphatic rings. The fourth-order valence-electron chi connectivity index (χ4n) is 4.14. The Kier molecular flexibility index (Phi) is 7.96. The minimum atomic E-state index is 0. The van der Waals surface area contributed by atoms with Gasteiger partial charge in [-0.2, -0.15) is 0 Å². The average Bonchev–Trinajstić information content (AvgIpc) is 3.20. The van der Waals surface area contributed by atoms with E-state index in [2.05, 4.69) is 36.9 Å². The SMILES string of the molecule is Cl.Cl.O=C(c1cccc2ccccc12)N1CCN(Cc2cnc[nH]2)Cc2cc(Br)ccc21. The number of carbonyl (C=O) groups excluding carboxylic acids is 1. The van der Waals surface area contributed by atoms with E-state index in [-0.39, 0.29) is 30.7 Å². The van der Waals surface area contributed by atoms with Crippen molar-refractivity contribution in [2.45, 2.75) is 13.1 Å². The lowest BCUT2D eigenvalue weighted by Crippen LogP contribution is -2.36. The number of aromatic nitrogens is 2. The number of hydrogen-bond donors (Lipinski definition) is 1. The van der Waals surface area contributed by atoms with Gasteiger partial charge >= 0.3 is 0 Å². The number of benzene rings is 3. The summed E-state index contributed by atoms with van der Waals surface area (Å²) in [4.78, 5) is 25.3. The zero-order valence-corrected chi connectivity index (χ0v) is 20.4. The number of nitrogens with zero attached hydrogens (tertiary/aromatic N) is 3. The molecular weight excluding hydrogens is 511 g/mol.